The third-order valence-electron chi connectivity index (χ3n) is 9.65. The van der Waals surface area contributed by atoms with Crippen LogP contribution in [0.4, 0.5) is 0 Å². The first-order valence-corrected chi connectivity index (χ1v) is 12.9. The van der Waals surface area contributed by atoms with Gasteiger partial charge in [0.15, 0.2) is 18.2 Å². The zero-order valence-electron chi connectivity index (χ0n) is 21.9. The molecule has 10 nitrogen and oxygen atoms in total. The second-order valence-electron chi connectivity index (χ2n) is 12.0. The molecule has 3 fully saturated rings. The van der Waals surface area contributed by atoms with Crippen LogP contribution in [0.3, 0.4) is 0 Å². The lowest BCUT2D eigenvalue weighted by atomic mass is 9.44. The molecule has 0 radical (unpaired) electrons. The molecule has 37 heavy (non-hydrogen) atoms. The average Bonchev–Trinajstić information content (AvgIpc) is 2.87. The molecule has 0 amide bonds. The van der Waals surface area contributed by atoms with E-state index in [4.69, 9.17) is 9.47 Å². The summed E-state index contributed by atoms with van der Waals surface area (Å²) in [7, 11) is 1.10. The highest BCUT2D eigenvalue weighted by Crippen LogP contribution is 2.63. The molecule has 1 aliphatic heterocycles. The molecule has 10 heteroatoms. The molecule has 3 aliphatic carbocycles. The molecule has 0 spiro atoms. The van der Waals surface area contributed by atoms with E-state index in [2.05, 4.69) is 11.3 Å². The van der Waals surface area contributed by atoms with Gasteiger partial charge in [-0.15, -0.1) is 6.58 Å². The molecule has 2 saturated carbocycles. The predicted octanol–water partition coefficient (Wildman–Crippen LogP) is 0.239. The Kier molecular flexibility index (Phi) is 7.53. The van der Waals surface area contributed by atoms with Gasteiger partial charge in [-0.05, 0) is 42.1 Å². The van der Waals surface area contributed by atoms with E-state index in [1.807, 2.05) is 26.0 Å². The Hall–Kier alpha value is -1.66. The van der Waals surface area contributed by atoms with Crippen LogP contribution >= 0.6 is 0 Å². The summed E-state index contributed by atoms with van der Waals surface area (Å²) >= 11 is 0. The Morgan fingerprint density at radius 1 is 1.16 bits per heavy atom. The number of esters is 1. The molecule has 1 saturated heterocycles. The summed E-state index contributed by atoms with van der Waals surface area (Å²) in [6, 6.07) is 0. The number of allylic oxidation sites excluding steroid dienone is 3. The number of carbonyl (C=O) groups is 2. The third-order valence-corrected chi connectivity index (χ3v) is 9.65. The highest BCUT2D eigenvalue weighted by Gasteiger charge is 2.63. The van der Waals surface area contributed by atoms with E-state index in [1.165, 1.54) is 0 Å². The normalized spacial score (nSPS) is 49.9. The Morgan fingerprint density at radius 3 is 2.46 bits per heavy atom. The van der Waals surface area contributed by atoms with Gasteiger partial charge in [-0.2, -0.15) is 0 Å². The largest absolute Gasteiger partial charge is 0.467 e. The second kappa shape index (κ2) is 9.82. The minimum Gasteiger partial charge on any atom is -0.467 e. The highest BCUT2D eigenvalue weighted by molar-refractivity contribution is 5.97. The first kappa shape index (κ1) is 28.4. The van der Waals surface area contributed by atoms with Gasteiger partial charge in [0.25, 0.3) is 0 Å². The van der Waals surface area contributed by atoms with E-state index in [0.717, 1.165) is 25.5 Å². The number of fused-ring (bicyclic) bond motifs is 3. The van der Waals surface area contributed by atoms with Crippen molar-refractivity contribution in [2.45, 2.75) is 89.4 Å². The minimum absolute atomic E-state index is 0.00619. The van der Waals surface area contributed by atoms with Gasteiger partial charge < -0.3 is 39.7 Å². The zero-order chi connectivity index (χ0) is 27.5. The van der Waals surface area contributed by atoms with Crippen LogP contribution in [0.5, 0.6) is 0 Å². The maximum Gasteiger partial charge on any atom is 0.337 e. The Labute approximate surface area is 216 Å². The molecule has 4 rings (SSSR count). The summed E-state index contributed by atoms with van der Waals surface area (Å²) in [4.78, 5) is 25.5. The van der Waals surface area contributed by atoms with Crippen molar-refractivity contribution in [3.05, 3.63) is 24.3 Å². The van der Waals surface area contributed by atoms with Crippen molar-refractivity contribution >= 4 is 11.8 Å². The molecule has 0 bridgehead atoms. The van der Waals surface area contributed by atoms with Crippen molar-refractivity contribution in [1.82, 2.24) is 0 Å². The van der Waals surface area contributed by atoms with E-state index in [9.17, 15) is 35.1 Å². The predicted molar refractivity (Wildman–Crippen MR) is 130 cm³/mol. The number of hydrogen-bond acceptors (Lipinski definition) is 10. The number of aliphatic hydroxyl groups is 5. The summed E-state index contributed by atoms with van der Waals surface area (Å²) in [5.41, 5.74) is -1.17. The number of carbonyl (C=O) groups excluding carboxylic acids is 2. The highest BCUT2D eigenvalue weighted by atomic mass is 16.7. The van der Waals surface area contributed by atoms with Crippen LogP contribution in [0.2, 0.25) is 0 Å². The fourth-order valence-electron chi connectivity index (χ4n) is 7.26. The average molecular weight is 525 g/mol. The molecule has 1 heterocycles. The van der Waals surface area contributed by atoms with Crippen molar-refractivity contribution in [3.63, 3.8) is 0 Å². The number of ether oxygens (including phenoxy) is 3. The van der Waals surface area contributed by atoms with Gasteiger partial charge in [-0.1, -0.05) is 32.9 Å². The van der Waals surface area contributed by atoms with Crippen LogP contribution < -0.4 is 0 Å². The summed E-state index contributed by atoms with van der Waals surface area (Å²) < 4.78 is 15.9. The fraction of sp³-hybridized carbons (Fsp3) is 0.778. The lowest BCUT2D eigenvalue weighted by Crippen LogP contribution is -2.65. The number of methoxy groups -OCH3 is 1. The van der Waals surface area contributed by atoms with E-state index in [0.29, 0.717) is 6.42 Å². The van der Waals surface area contributed by atoms with E-state index in [-0.39, 0.29) is 36.1 Å². The van der Waals surface area contributed by atoms with Gasteiger partial charge in [0.2, 0.25) is 0 Å². The van der Waals surface area contributed by atoms with Gasteiger partial charge in [-0.3, -0.25) is 4.79 Å². The quantitative estimate of drug-likeness (QED) is 0.249. The monoisotopic (exact) mass is 524 g/mol. The van der Waals surface area contributed by atoms with E-state index >= 15 is 0 Å². The van der Waals surface area contributed by atoms with E-state index in [1.54, 1.807) is 6.92 Å². The lowest BCUT2D eigenvalue weighted by Gasteiger charge is -2.62. The molecular formula is C27H40O10. The number of aliphatic hydroxyl groups excluding tert-OH is 5. The topological polar surface area (TPSA) is 163 Å². The van der Waals surface area contributed by atoms with Crippen molar-refractivity contribution in [2.75, 3.05) is 13.7 Å². The maximum absolute atomic E-state index is 13.4. The summed E-state index contributed by atoms with van der Waals surface area (Å²) in [5.74, 6) is -1.42. The number of Topliss-reactive ketones (excluding diaryl/α,β-unsaturated/α-hetero) is 1. The SMILES string of the molecule is C=C[C@]1(C)C=C2C(=O)C[C@@H]3[C@](C)(C[C@@H](O)[C@H](O)[C@]3(C)CO[C@@H]3O[C@H](C(=O)OC)[C@@H](O)[C@@H](O)[C@@H]3O)[C@H]2CC1. The molecule has 0 aromatic carbocycles. The first-order chi connectivity index (χ1) is 17.2. The van der Waals surface area contributed by atoms with Crippen LogP contribution in [0, 0.1) is 28.1 Å². The van der Waals surface area contributed by atoms with E-state index < -0.39 is 59.7 Å². The van der Waals surface area contributed by atoms with Gasteiger partial charge in [0, 0.05) is 17.3 Å². The smallest absolute Gasteiger partial charge is 0.337 e. The molecule has 4 aliphatic rings. The minimum atomic E-state index is -1.74. The van der Waals surface area contributed by atoms with Gasteiger partial charge >= 0.3 is 5.97 Å². The number of rotatable bonds is 5. The van der Waals surface area contributed by atoms with Gasteiger partial charge in [-0.25, -0.2) is 4.79 Å². The van der Waals surface area contributed by atoms with Crippen LogP contribution in [0.15, 0.2) is 24.3 Å². The van der Waals surface area contributed by atoms with Crippen LogP contribution in [-0.2, 0) is 23.8 Å². The summed E-state index contributed by atoms with van der Waals surface area (Å²) in [5, 5.41) is 53.1. The number of ketones is 1. The molecular weight excluding hydrogens is 484 g/mol. The lowest BCUT2D eigenvalue weighted by molar-refractivity contribution is -0.309. The molecule has 208 valence electrons. The van der Waals surface area contributed by atoms with Crippen molar-refractivity contribution in [1.29, 1.82) is 0 Å². The zero-order valence-corrected chi connectivity index (χ0v) is 21.9. The van der Waals surface area contributed by atoms with Crippen molar-refractivity contribution in [3.8, 4) is 0 Å². The standard InChI is InChI=1S/C27H40O10/c1-6-25(2)8-7-14-13(10-25)15(28)9-17-26(14,3)11-16(29)22(33)27(17,4)12-36-24-20(32)18(30)19(31)21(37-24)23(34)35-5/h6,10,14,16-22,24,29-33H,1,7-9,11-12H2,2-5H3/t14-,16+,17+,18+,19-,20-,21-,22-,24+,25-,26+,27+/m0/s1. The summed E-state index contributed by atoms with van der Waals surface area (Å²) in [6.45, 7) is 9.52. The molecule has 0 aromatic heterocycles. The van der Waals surface area contributed by atoms with Crippen LogP contribution in [0.1, 0.15) is 46.5 Å². The molecule has 5 N–H and O–H groups in total. The molecule has 0 aromatic rings. The number of hydrogen-bond donors (Lipinski definition) is 5. The van der Waals surface area contributed by atoms with Gasteiger partial charge in [0.1, 0.15) is 18.3 Å². The van der Waals surface area contributed by atoms with Crippen LogP contribution in [0.25, 0.3) is 0 Å². The fourth-order valence-corrected chi connectivity index (χ4v) is 7.26. The van der Waals surface area contributed by atoms with Gasteiger partial charge in [0.05, 0.1) is 25.9 Å². The maximum atomic E-state index is 13.4. The Bertz CT molecular complexity index is 965. The summed E-state index contributed by atoms with van der Waals surface area (Å²) in [6.07, 6.45) is -4.70. The molecule has 0 unspecified atom stereocenters. The van der Waals surface area contributed by atoms with Crippen molar-refractivity contribution < 1.29 is 49.3 Å². The second-order valence-corrected chi connectivity index (χ2v) is 12.0. The third kappa shape index (κ3) is 4.50. The van der Waals surface area contributed by atoms with Crippen molar-refractivity contribution in [2.24, 2.45) is 28.1 Å². The Balaban J connectivity index is 1.62. The Morgan fingerprint density at radius 2 is 1.84 bits per heavy atom. The first-order valence-electron chi connectivity index (χ1n) is 12.9. The van der Waals surface area contributed by atoms with Crippen LogP contribution in [-0.4, -0.2) is 93.9 Å². The molecule has 12 atom stereocenters.